The summed E-state index contributed by atoms with van der Waals surface area (Å²) in [4.78, 5) is 18.2. The van der Waals surface area contributed by atoms with Gasteiger partial charge in [0.1, 0.15) is 10.8 Å². The number of nitrogens with zero attached hydrogens (tertiary/aromatic N) is 2. The van der Waals surface area contributed by atoms with E-state index in [2.05, 4.69) is 11.1 Å². The summed E-state index contributed by atoms with van der Waals surface area (Å²) in [5.74, 6) is 0.855. The molecule has 4 nitrogen and oxygen atoms in total. The number of likely N-dealkylation sites (tertiary alicyclic amines) is 1. The van der Waals surface area contributed by atoms with Crippen molar-refractivity contribution < 1.29 is 9.53 Å². The molecule has 1 fully saturated rings. The van der Waals surface area contributed by atoms with Crippen molar-refractivity contribution in [1.29, 1.82) is 0 Å². The van der Waals surface area contributed by atoms with E-state index in [1.807, 2.05) is 44.0 Å². The van der Waals surface area contributed by atoms with Gasteiger partial charge in [0, 0.05) is 25.2 Å². The number of hydrogen-bond acceptors (Lipinski definition) is 3. The third-order valence-electron chi connectivity index (χ3n) is 4.19. The average Bonchev–Trinajstić information content (AvgIpc) is 2.97. The molecule has 2 heterocycles. The van der Waals surface area contributed by atoms with Crippen LogP contribution in [0.1, 0.15) is 32.8 Å². The molecule has 0 unspecified atom stereocenters. The normalized spacial score (nSPS) is 24.2. The standard InChI is InChI=1S/C17H21ClN2O2/c1-17(2,3)22-16(21)20-9-12-4-6-13(14(12)10-20)11-5-7-15(18)19-8-11/h5-8,12,14H,4,9-10H2,1-3H3/t12-,14+/m1/s1. The lowest BCUT2D eigenvalue weighted by atomic mass is 9.91. The highest BCUT2D eigenvalue weighted by molar-refractivity contribution is 6.29. The van der Waals surface area contributed by atoms with E-state index < -0.39 is 5.60 Å². The van der Waals surface area contributed by atoms with Crippen LogP contribution in [0.4, 0.5) is 4.79 Å². The molecule has 0 bridgehead atoms. The Morgan fingerprint density at radius 3 is 2.77 bits per heavy atom. The fraction of sp³-hybridized carbons (Fsp3) is 0.529. The van der Waals surface area contributed by atoms with Crippen molar-refractivity contribution in [3.63, 3.8) is 0 Å². The fourth-order valence-electron chi connectivity index (χ4n) is 3.25. The lowest BCUT2D eigenvalue weighted by molar-refractivity contribution is 0.0285. The van der Waals surface area contributed by atoms with E-state index in [9.17, 15) is 4.79 Å². The highest BCUT2D eigenvalue weighted by Crippen LogP contribution is 2.43. The minimum atomic E-state index is -0.451. The number of fused-ring (bicyclic) bond motifs is 1. The fourth-order valence-corrected chi connectivity index (χ4v) is 3.36. The molecule has 0 aromatic carbocycles. The summed E-state index contributed by atoms with van der Waals surface area (Å²) in [6.07, 6.45) is 4.87. The van der Waals surface area contributed by atoms with Crippen molar-refractivity contribution in [2.75, 3.05) is 13.1 Å². The van der Waals surface area contributed by atoms with E-state index in [4.69, 9.17) is 16.3 Å². The van der Waals surface area contributed by atoms with Gasteiger partial charge in [-0.2, -0.15) is 0 Å². The third kappa shape index (κ3) is 3.12. The van der Waals surface area contributed by atoms with Gasteiger partial charge in [0.2, 0.25) is 0 Å². The smallest absolute Gasteiger partial charge is 0.410 e. The van der Waals surface area contributed by atoms with Gasteiger partial charge in [-0.1, -0.05) is 23.7 Å². The molecule has 1 aliphatic heterocycles. The number of rotatable bonds is 1. The van der Waals surface area contributed by atoms with Gasteiger partial charge < -0.3 is 9.64 Å². The molecule has 5 heteroatoms. The van der Waals surface area contributed by atoms with E-state index in [0.717, 1.165) is 18.5 Å². The summed E-state index contributed by atoms with van der Waals surface area (Å²) < 4.78 is 5.48. The zero-order valence-electron chi connectivity index (χ0n) is 13.2. The second-order valence-corrected chi connectivity index (χ2v) is 7.40. The first-order valence-electron chi connectivity index (χ1n) is 7.63. The molecule has 1 aliphatic carbocycles. The minimum absolute atomic E-state index is 0.213. The van der Waals surface area contributed by atoms with Gasteiger partial charge >= 0.3 is 6.09 Å². The molecule has 1 saturated heterocycles. The van der Waals surface area contributed by atoms with Crippen LogP contribution in [-0.2, 0) is 4.74 Å². The first-order valence-corrected chi connectivity index (χ1v) is 8.01. The first-order chi connectivity index (χ1) is 10.3. The number of carbonyl (C=O) groups is 1. The lowest BCUT2D eigenvalue weighted by Gasteiger charge is -2.24. The SMILES string of the molecule is CC(C)(C)OC(=O)N1C[C@H]2CC=C(c3ccc(Cl)nc3)[C@H]2C1. The van der Waals surface area contributed by atoms with Crippen molar-refractivity contribution in [3.05, 3.63) is 35.1 Å². The highest BCUT2D eigenvalue weighted by Gasteiger charge is 2.41. The molecular weight excluding hydrogens is 300 g/mol. The Hall–Kier alpha value is -1.55. The van der Waals surface area contributed by atoms with E-state index in [1.165, 1.54) is 5.57 Å². The molecule has 1 amide bonds. The maximum absolute atomic E-state index is 12.2. The van der Waals surface area contributed by atoms with Crippen molar-refractivity contribution in [1.82, 2.24) is 9.88 Å². The van der Waals surface area contributed by atoms with Crippen molar-refractivity contribution in [2.45, 2.75) is 32.8 Å². The summed E-state index contributed by atoms with van der Waals surface area (Å²) in [6.45, 7) is 7.17. The Morgan fingerprint density at radius 1 is 1.36 bits per heavy atom. The third-order valence-corrected chi connectivity index (χ3v) is 4.42. The quantitative estimate of drug-likeness (QED) is 0.734. The molecule has 118 valence electrons. The molecule has 0 N–H and O–H groups in total. The highest BCUT2D eigenvalue weighted by atomic mass is 35.5. The van der Waals surface area contributed by atoms with Crippen LogP contribution in [0.25, 0.3) is 5.57 Å². The van der Waals surface area contributed by atoms with Gasteiger partial charge in [0.05, 0.1) is 0 Å². The van der Waals surface area contributed by atoms with E-state index in [0.29, 0.717) is 23.5 Å². The maximum atomic E-state index is 12.2. The second-order valence-electron chi connectivity index (χ2n) is 7.02. The number of pyridine rings is 1. The molecule has 1 aromatic heterocycles. The van der Waals surface area contributed by atoms with E-state index in [-0.39, 0.29) is 6.09 Å². The van der Waals surface area contributed by atoms with Crippen molar-refractivity contribution >= 4 is 23.3 Å². The van der Waals surface area contributed by atoms with Crippen LogP contribution in [0, 0.1) is 11.8 Å². The van der Waals surface area contributed by atoms with Crippen LogP contribution in [-0.4, -0.2) is 34.7 Å². The van der Waals surface area contributed by atoms with Gasteiger partial charge in [0.15, 0.2) is 0 Å². The summed E-state index contributed by atoms with van der Waals surface area (Å²) in [7, 11) is 0. The lowest BCUT2D eigenvalue weighted by Crippen LogP contribution is -2.35. The second kappa shape index (κ2) is 5.58. The largest absolute Gasteiger partial charge is 0.444 e. The number of carbonyl (C=O) groups excluding carboxylic acids is 1. The van der Waals surface area contributed by atoms with Crippen molar-refractivity contribution in [2.24, 2.45) is 11.8 Å². The topological polar surface area (TPSA) is 42.4 Å². The summed E-state index contributed by atoms with van der Waals surface area (Å²) in [5.41, 5.74) is 1.93. The Kier molecular flexibility index (Phi) is 3.89. The molecule has 0 spiro atoms. The number of allylic oxidation sites excluding steroid dienone is 1. The Morgan fingerprint density at radius 2 is 2.14 bits per heavy atom. The zero-order valence-corrected chi connectivity index (χ0v) is 13.9. The Labute approximate surface area is 136 Å². The van der Waals surface area contributed by atoms with Crippen LogP contribution in [0.3, 0.4) is 0 Å². The Bertz CT molecular complexity index is 604. The molecular formula is C17H21ClN2O2. The number of hydrogen-bond donors (Lipinski definition) is 0. The van der Waals surface area contributed by atoms with Gasteiger partial charge in [-0.15, -0.1) is 0 Å². The summed E-state index contributed by atoms with van der Waals surface area (Å²) in [6, 6.07) is 3.81. The molecule has 0 saturated carbocycles. The number of ether oxygens (including phenoxy) is 1. The number of amides is 1. The van der Waals surface area contributed by atoms with Crippen LogP contribution >= 0.6 is 11.6 Å². The molecule has 0 radical (unpaired) electrons. The Balaban J connectivity index is 1.71. The zero-order chi connectivity index (χ0) is 15.9. The van der Waals surface area contributed by atoms with E-state index in [1.54, 1.807) is 0 Å². The number of aromatic nitrogens is 1. The summed E-state index contributed by atoms with van der Waals surface area (Å²) >= 11 is 5.86. The average molecular weight is 321 g/mol. The molecule has 3 rings (SSSR count). The predicted molar refractivity (Wildman–Crippen MR) is 86.6 cm³/mol. The molecule has 2 aliphatic rings. The van der Waals surface area contributed by atoms with Crippen molar-refractivity contribution in [3.8, 4) is 0 Å². The van der Waals surface area contributed by atoms with E-state index >= 15 is 0 Å². The maximum Gasteiger partial charge on any atom is 0.410 e. The predicted octanol–water partition coefficient (Wildman–Crippen LogP) is 4.01. The van der Waals surface area contributed by atoms with Crippen LogP contribution in [0.15, 0.2) is 24.4 Å². The van der Waals surface area contributed by atoms with Crippen LogP contribution in [0.5, 0.6) is 0 Å². The molecule has 2 atom stereocenters. The molecule has 22 heavy (non-hydrogen) atoms. The van der Waals surface area contributed by atoms with Crippen LogP contribution in [0.2, 0.25) is 5.15 Å². The first kappa shape index (κ1) is 15.3. The minimum Gasteiger partial charge on any atom is -0.444 e. The molecule has 1 aromatic rings. The van der Waals surface area contributed by atoms with Gasteiger partial charge in [-0.3, -0.25) is 0 Å². The summed E-state index contributed by atoms with van der Waals surface area (Å²) in [5, 5.41) is 0.501. The van der Waals surface area contributed by atoms with Gasteiger partial charge in [-0.25, -0.2) is 9.78 Å². The van der Waals surface area contributed by atoms with Crippen LogP contribution < -0.4 is 0 Å². The van der Waals surface area contributed by atoms with Gasteiger partial charge in [-0.05, 0) is 50.3 Å². The number of halogens is 1. The van der Waals surface area contributed by atoms with Gasteiger partial charge in [0.25, 0.3) is 0 Å². The monoisotopic (exact) mass is 320 g/mol.